The second-order valence-electron chi connectivity index (χ2n) is 6.32. The number of carbonyl (C=O) groups is 2. The number of nitrogens with one attached hydrogen (secondary N) is 1. The highest BCUT2D eigenvalue weighted by molar-refractivity contribution is 5.90. The van der Waals surface area contributed by atoms with Crippen LogP contribution in [0.5, 0.6) is 0 Å². The highest BCUT2D eigenvalue weighted by Gasteiger charge is 2.50. The summed E-state index contributed by atoms with van der Waals surface area (Å²) in [5.74, 6) is -0.322. The summed E-state index contributed by atoms with van der Waals surface area (Å²) in [5.41, 5.74) is -0.964. The van der Waals surface area contributed by atoms with Gasteiger partial charge in [-0.05, 0) is 44.6 Å². The van der Waals surface area contributed by atoms with Gasteiger partial charge in [0.2, 0.25) is 5.91 Å². The molecule has 2 rings (SSSR count). The van der Waals surface area contributed by atoms with E-state index in [1.165, 1.54) is 0 Å². The van der Waals surface area contributed by atoms with Gasteiger partial charge in [-0.1, -0.05) is 20.3 Å². The molecule has 5 nitrogen and oxygen atoms in total. The molecular weight excluding hydrogens is 256 g/mol. The summed E-state index contributed by atoms with van der Waals surface area (Å²) >= 11 is 0. The van der Waals surface area contributed by atoms with Gasteiger partial charge in [-0.15, -0.1) is 0 Å². The average molecular weight is 282 g/mol. The van der Waals surface area contributed by atoms with Crippen LogP contribution in [0, 0.1) is 5.92 Å². The standard InChI is InChI=1S/C15H26N2O3/c1-3-6-15(14(19)20)7-4-9-17(15)13(18)12-10-11(2)5-8-16-12/h11-12,16H,3-10H2,1-2H3,(H,19,20). The van der Waals surface area contributed by atoms with Crippen molar-refractivity contribution < 1.29 is 14.7 Å². The van der Waals surface area contributed by atoms with Gasteiger partial charge in [0.15, 0.2) is 0 Å². The van der Waals surface area contributed by atoms with Crippen LogP contribution >= 0.6 is 0 Å². The van der Waals surface area contributed by atoms with E-state index in [-0.39, 0.29) is 11.9 Å². The SMILES string of the molecule is CCCC1(C(=O)O)CCCN1C(=O)C1CC(C)CCN1. The second kappa shape index (κ2) is 6.12. The van der Waals surface area contributed by atoms with Crippen LogP contribution in [0.2, 0.25) is 0 Å². The van der Waals surface area contributed by atoms with Crippen molar-refractivity contribution in [2.45, 2.75) is 64.0 Å². The largest absolute Gasteiger partial charge is 0.479 e. The minimum Gasteiger partial charge on any atom is -0.479 e. The quantitative estimate of drug-likeness (QED) is 0.822. The summed E-state index contributed by atoms with van der Waals surface area (Å²) in [7, 11) is 0. The lowest BCUT2D eigenvalue weighted by Crippen LogP contribution is -2.59. The van der Waals surface area contributed by atoms with Gasteiger partial charge in [-0.2, -0.15) is 0 Å². The maximum Gasteiger partial charge on any atom is 0.329 e. The molecule has 1 amide bonds. The summed E-state index contributed by atoms with van der Waals surface area (Å²) in [5, 5.41) is 12.9. The van der Waals surface area contributed by atoms with E-state index in [4.69, 9.17) is 0 Å². The number of carboxylic acid groups (broad SMARTS) is 1. The van der Waals surface area contributed by atoms with E-state index in [0.29, 0.717) is 25.3 Å². The van der Waals surface area contributed by atoms with E-state index in [0.717, 1.165) is 32.2 Å². The van der Waals surface area contributed by atoms with Crippen molar-refractivity contribution in [2.24, 2.45) is 5.92 Å². The minimum absolute atomic E-state index is 0.00935. The molecule has 2 aliphatic heterocycles. The lowest BCUT2D eigenvalue weighted by atomic mass is 9.88. The van der Waals surface area contributed by atoms with E-state index in [9.17, 15) is 14.7 Å². The predicted molar refractivity (Wildman–Crippen MR) is 76.4 cm³/mol. The number of aliphatic carboxylic acids is 1. The fraction of sp³-hybridized carbons (Fsp3) is 0.867. The van der Waals surface area contributed by atoms with Gasteiger partial charge in [-0.3, -0.25) is 4.79 Å². The van der Waals surface area contributed by atoms with Crippen LogP contribution in [0.3, 0.4) is 0 Å². The van der Waals surface area contributed by atoms with Crippen molar-refractivity contribution in [3.8, 4) is 0 Å². The van der Waals surface area contributed by atoms with Crippen molar-refractivity contribution in [3.63, 3.8) is 0 Å². The Bertz CT molecular complexity index is 385. The third kappa shape index (κ3) is 2.68. The fourth-order valence-electron chi connectivity index (χ4n) is 3.69. The third-order valence-electron chi connectivity index (χ3n) is 4.78. The van der Waals surface area contributed by atoms with E-state index in [2.05, 4.69) is 12.2 Å². The summed E-state index contributed by atoms with van der Waals surface area (Å²) in [6.45, 7) is 5.56. The van der Waals surface area contributed by atoms with Gasteiger partial charge in [-0.25, -0.2) is 4.79 Å². The normalized spacial score (nSPS) is 34.2. The molecule has 2 N–H and O–H groups in total. The molecule has 3 unspecified atom stereocenters. The van der Waals surface area contributed by atoms with E-state index in [1.807, 2.05) is 6.92 Å². The number of rotatable bonds is 4. The Labute approximate surface area is 120 Å². The van der Waals surface area contributed by atoms with Crippen molar-refractivity contribution in [1.29, 1.82) is 0 Å². The number of carbonyl (C=O) groups excluding carboxylic acids is 1. The molecule has 2 heterocycles. The first kappa shape index (κ1) is 15.3. The van der Waals surface area contributed by atoms with Crippen LogP contribution in [-0.4, -0.2) is 46.6 Å². The van der Waals surface area contributed by atoms with E-state index >= 15 is 0 Å². The molecule has 2 saturated heterocycles. The molecule has 2 aliphatic rings. The van der Waals surface area contributed by atoms with Crippen molar-refractivity contribution in [3.05, 3.63) is 0 Å². The van der Waals surface area contributed by atoms with Gasteiger partial charge in [0.1, 0.15) is 5.54 Å². The Kier molecular flexibility index (Phi) is 4.68. The Morgan fingerprint density at radius 3 is 2.80 bits per heavy atom. The highest BCUT2D eigenvalue weighted by Crippen LogP contribution is 2.35. The zero-order valence-corrected chi connectivity index (χ0v) is 12.5. The Hall–Kier alpha value is -1.10. The first-order chi connectivity index (χ1) is 9.51. The summed E-state index contributed by atoms with van der Waals surface area (Å²) in [6.07, 6.45) is 4.62. The van der Waals surface area contributed by atoms with Gasteiger partial charge >= 0.3 is 5.97 Å². The smallest absolute Gasteiger partial charge is 0.329 e. The zero-order valence-electron chi connectivity index (χ0n) is 12.5. The van der Waals surface area contributed by atoms with Crippen LogP contribution < -0.4 is 5.32 Å². The van der Waals surface area contributed by atoms with Gasteiger partial charge in [0.05, 0.1) is 6.04 Å². The van der Waals surface area contributed by atoms with Gasteiger partial charge in [0.25, 0.3) is 0 Å². The molecule has 114 valence electrons. The van der Waals surface area contributed by atoms with Crippen LogP contribution in [0.4, 0.5) is 0 Å². The Morgan fingerprint density at radius 1 is 1.45 bits per heavy atom. The first-order valence-electron chi connectivity index (χ1n) is 7.79. The highest BCUT2D eigenvalue weighted by atomic mass is 16.4. The van der Waals surface area contributed by atoms with Crippen molar-refractivity contribution in [2.75, 3.05) is 13.1 Å². The van der Waals surface area contributed by atoms with Crippen LogP contribution in [0.15, 0.2) is 0 Å². The van der Waals surface area contributed by atoms with Crippen molar-refractivity contribution in [1.82, 2.24) is 10.2 Å². The number of nitrogens with zero attached hydrogens (tertiary/aromatic N) is 1. The molecule has 0 aromatic heterocycles. The summed E-state index contributed by atoms with van der Waals surface area (Å²) in [4.78, 5) is 26.1. The molecule has 20 heavy (non-hydrogen) atoms. The molecule has 0 radical (unpaired) electrons. The fourth-order valence-corrected chi connectivity index (χ4v) is 3.69. The Balaban J connectivity index is 2.16. The number of hydrogen-bond acceptors (Lipinski definition) is 3. The third-order valence-corrected chi connectivity index (χ3v) is 4.78. The summed E-state index contributed by atoms with van der Waals surface area (Å²) < 4.78 is 0. The topological polar surface area (TPSA) is 69.6 Å². The molecule has 3 atom stereocenters. The molecule has 0 aromatic rings. The average Bonchev–Trinajstić information content (AvgIpc) is 2.83. The van der Waals surface area contributed by atoms with Gasteiger partial charge < -0.3 is 15.3 Å². The molecule has 0 bridgehead atoms. The van der Waals surface area contributed by atoms with Crippen LogP contribution in [0.1, 0.15) is 52.4 Å². The maximum atomic E-state index is 12.7. The number of hydrogen-bond donors (Lipinski definition) is 2. The molecular formula is C15H26N2O3. The number of carboxylic acids is 1. The first-order valence-corrected chi connectivity index (χ1v) is 7.79. The molecule has 0 saturated carbocycles. The molecule has 0 spiro atoms. The van der Waals surface area contributed by atoms with Crippen LogP contribution in [0.25, 0.3) is 0 Å². The molecule has 0 aromatic carbocycles. The molecule has 5 heteroatoms. The second-order valence-corrected chi connectivity index (χ2v) is 6.32. The van der Waals surface area contributed by atoms with Crippen molar-refractivity contribution >= 4 is 11.9 Å². The van der Waals surface area contributed by atoms with E-state index < -0.39 is 11.5 Å². The minimum atomic E-state index is -0.964. The molecule has 2 fully saturated rings. The van der Waals surface area contributed by atoms with E-state index in [1.54, 1.807) is 4.90 Å². The number of amides is 1. The van der Waals surface area contributed by atoms with Crippen LogP contribution in [-0.2, 0) is 9.59 Å². The maximum absolute atomic E-state index is 12.7. The predicted octanol–water partition coefficient (Wildman–Crippen LogP) is 1.62. The monoisotopic (exact) mass is 282 g/mol. The Morgan fingerprint density at radius 2 is 2.20 bits per heavy atom. The zero-order chi connectivity index (χ0) is 14.8. The lowest BCUT2D eigenvalue weighted by molar-refractivity contribution is -0.158. The summed E-state index contributed by atoms with van der Waals surface area (Å²) in [6, 6.07) is -0.201. The number of piperidine rings is 1. The molecule has 0 aliphatic carbocycles. The number of likely N-dealkylation sites (tertiary alicyclic amines) is 1. The van der Waals surface area contributed by atoms with Gasteiger partial charge in [0, 0.05) is 6.54 Å². The lowest BCUT2D eigenvalue weighted by Gasteiger charge is -2.38.